The molecule has 0 saturated heterocycles. The predicted molar refractivity (Wildman–Crippen MR) is 106 cm³/mol. The quantitative estimate of drug-likeness (QED) is 0.428. The Morgan fingerprint density at radius 2 is 1.88 bits per heavy atom. The summed E-state index contributed by atoms with van der Waals surface area (Å²) in [7, 11) is 0. The monoisotopic (exact) mass is 385 g/mol. The smallest absolute Gasteiger partial charge is 0.287 e. The second-order valence-electron chi connectivity index (χ2n) is 5.39. The third kappa shape index (κ3) is 3.66. The number of hydrogen-bond donors (Lipinski definition) is 1. The number of thiophene rings is 2. The largest absolute Gasteiger partial charge is 0.451 e. The van der Waals surface area contributed by atoms with Crippen molar-refractivity contribution in [2.75, 3.05) is 0 Å². The van der Waals surface area contributed by atoms with Crippen LogP contribution in [0.1, 0.15) is 21.0 Å². The van der Waals surface area contributed by atoms with E-state index in [4.69, 9.17) is 4.42 Å². The molecule has 3 heterocycles. The molecule has 0 aliphatic carbocycles. The molecule has 6 heteroatoms. The number of amides is 1. The zero-order chi connectivity index (χ0) is 17.1. The van der Waals surface area contributed by atoms with E-state index >= 15 is 0 Å². The Hall–Kier alpha value is -2.02. The molecule has 0 radical (unpaired) electrons. The Bertz CT molecular complexity index is 972. The number of carbonyl (C=O) groups excluding carboxylic acids is 1. The van der Waals surface area contributed by atoms with Gasteiger partial charge in [-0.1, -0.05) is 30.3 Å². The van der Waals surface area contributed by atoms with Gasteiger partial charge in [-0.3, -0.25) is 4.79 Å². The molecule has 3 nitrogen and oxygen atoms in total. The van der Waals surface area contributed by atoms with Gasteiger partial charge in [0.1, 0.15) is 5.58 Å². The first kappa shape index (κ1) is 16.4. The lowest BCUT2D eigenvalue weighted by molar-refractivity contribution is 0.0925. The van der Waals surface area contributed by atoms with Crippen LogP contribution in [0.5, 0.6) is 0 Å². The van der Waals surface area contributed by atoms with Crippen LogP contribution in [0.3, 0.4) is 0 Å². The van der Waals surface area contributed by atoms with Gasteiger partial charge < -0.3 is 9.73 Å². The SMILES string of the molecule is O=C(NCc1cccs1)c1oc2ccccc2c1CSc1cccs1. The van der Waals surface area contributed by atoms with Crippen LogP contribution in [-0.4, -0.2) is 5.91 Å². The van der Waals surface area contributed by atoms with Gasteiger partial charge >= 0.3 is 0 Å². The van der Waals surface area contributed by atoms with E-state index < -0.39 is 0 Å². The van der Waals surface area contributed by atoms with Crippen molar-refractivity contribution < 1.29 is 9.21 Å². The van der Waals surface area contributed by atoms with Crippen molar-refractivity contribution in [3.8, 4) is 0 Å². The van der Waals surface area contributed by atoms with Gasteiger partial charge in [0.25, 0.3) is 5.91 Å². The summed E-state index contributed by atoms with van der Waals surface area (Å²) in [6.45, 7) is 0.519. The Morgan fingerprint density at radius 3 is 2.68 bits per heavy atom. The average Bonchev–Trinajstić information content (AvgIpc) is 3.38. The molecule has 0 unspecified atom stereocenters. The topological polar surface area (TPSA) is 42.2 Å². The molecule has 1 amide bonds. The number of furan rings is 1. The number of carbonyl (C=O) groups is 1. The molecule has 25 heavy (non-hydrogen) atoms. The predicted octanol–water partition coefficient (Wildman–Crippen LogP) is 5.78. The number of thioether (sulfide) groups is 1. The van der Waals surface area contributed by atoms with E-state index in [0.29, 0.717) is 18.1 Å². The fraction of sp³-hybridized carbons (Fsp3) is 0.105. The number of hydrogen-bond acceptors (Lipinski definition) is 5. The first-order chi connectivity index (χ1) is 12.3. The summed E-state index contributed by atoms with van der Waals surface area (Å²) in [4.78, 5) is 13.8. The van der Waals surface area contributed by atoms with Gasteiger partial charge in [0.05, 0.1) is 10.8 Å². The molecule has 0 fully saturated rings. The van der Waals surface area contributed by atoms with Gasteiger partial charge in [0, 0.05) is 21.6 Å². The first-order valence-electron chi connectivity index (χ1n) is 7.78. The summed E-state index contributed by atoms with van der Waals surface area (Å²) in [5.41, 5.74) is 1.71. The molecule has 1 N–H and O–H groups in total. The van der Waals surface area contributed by atoms with Gasteiger partial charge in [-0.2, -0.15) is 0 Å². The maximum Gasteiger partial charge on any atom is 0.287 e. The summed E-state index contributed by atoms with van der Waals surface area (Å²) in [6, 6.07) is 15.9. The van der Waals surface area contributed by atoms with Gasteiger partial charge in [0.2, 0.25) is 0 Å². The molecule has 1 aromatic carbocycles. The number of para-hydroxylation sites is 1. The second kappa shape index (κ2) is 7.47. The van der Waals surface area contributed by atoms with Crippen LogP contribution in [0.2, 0.25) is 0 Å². The summed E-state index contributed by atoms with van der Waals surface area (Å²) in [5.74, 6) is 0.965. The number of fused-ring (bicyclic) bond motifs is 1. The number of rotatable bonds is 6. The van der Waals surface area contributed by atoms with Crippen LogP contribution in [0, 0.1) is 0 Å². The Balaban J connectivity index is 1.60. The van der Waals surface area contributed by atoms with Gasteiger partial charge in [-0.15, -0.1) is 34.4 Å². The normalized spacial score (nSPS) is 11.0. The lowest BCUT2D eigenvalue weighted by atomic mass is 10.1. The van der Waals surface area contributed by atoms with Gasteiger partial charge in [0.15, 0.2) is 5.76 Å². The molecule has 0 saturated carbocycles. The molecular weight excluding hydrogens is 370 g/mol. The lowest BCUT2D eigenvalue weighted by Crippen LogP contribution is -2.22. The molecule has 0 spiro atoms. The van der Waals surface area contributed by atoms with Crippen molar-refractivity contribution in [1.29, 1.82) is 0 Å². The Morgan fingerprint density at radius 1 is 1.04 bits per heavy atom. The third-order valence-corrected chi connectivity index (χ3v) is 6.80. The van der Waals surface area contributed by atoms with Crippen molar-refractivity contribution >= 4 is 51.3 Å². The van der Waals surface area contributed by atoms with Crippen LogP contribution in [0.15, 0.2) is 67.9 Å². The summed E-state index contributed by atoms with van der Waals surface area (Å²) in [6.07, 6.45) is 0. The molecule has 0 bridgehead atoms. The molecular formula is C19H15NO2S3. The molecule has 4 aromatic rings. The van der Waals surface area contributed by atoms with Crippen molar-refractivity contribution in [1.82, 2.24) is 5.32 Å². The average molecular weight is 386 g/mol. The minimum atomic E-state index is -0.161. The van der Waals surface area contributed by atoms with Crippen LogP contribution >= 0.6 is 34.4 Å². The highest BCUT2D eigenvalue weighted by Crippen LogP contribution is 2.33. The zero-order valence-electron chi connectivity index (χ0n) is 13.2. The molecule has 0 aliphatic heterocycles. The fourth-order valence-electron chi connectivity index (χ4n) is 2.58. The van der Waals surface area contributed by atoms with Crippen LogP contribution in [-0.2, 0) is 12.3 Å². The van der Waals surface area contributed by atoms with Gasteiger partial charge in [-0.25, -0.2) is 0 Å². The standard InChI is InChI=1S/C19H15NO2S3/c21-19(20-11-13-5-3-9-23-13)18-15(12-25-17-8-4-10-24-17)14-6-1-2-7-16(14)22-18/h1-10H,11-12H2,(H,20,21). The van der Waals surface area contributed by atoms with E-state index in [1.165, 1.54) is 4.21 Å². The highest BCUT2D eigenvalue weighted by molar-refractivity contribution is 8.00. The van der Waals surface area contributed by atoms with Crippen molar-refractivity contribution in [3.63, 3.8) is 0 Å². The minimum Gasteiger partial charge on any atom is -0.451 e. The van der Waals surface area contributed by atoms with E-state index in [1.54, 1.807) is 34.4 Å². The maximum atomic E-state index is 12.7. The minimum absolute atomic E-state index is 0.161. The van der Waals surface area contributed by atoms with Crippen molar-refractivity contribution in [2.45, 2.75) is 16.5 Å². The Labute approximate surface area is 157 Å². The van der Waals surface area contributed by atoms with E-state index in [9.17, 15) is 4.79 Å². The third-order valence-electron chi connectivity index (χ3n) is 3.76. The van der Waals surface area contributed by atoms with Crippen LogP contribution in [0.25, 0.3) is 11.0 Å². The van der Waals surface area contributed by atoms with Crippen LogP contribution < -0.4 is 5.32 Å². The molecule has 3 aromatic heterocycles. The van der Waals surface area contributed by atoms with E-state index in [-0.39, 0.29) is 5.91 Å². The maximum absolute atomic E-state index is 12.7. The van der Waals surface area contributed by atoms with E-state index in [1.807, 2.05) is 47.8 Å². The zero-order valence-corrected chi connectivity index (χ0v) is 15.7. The molecule has 0 atom stereocenters. The second-order valence-corrected chi connectivity index (χ2v) is 8.64. The van der Waals surface area contributed by atoms with Crippen molar-refractivity contribution in [3.05, 3.63) is 75.5 Å². The first-order valence-corrected chi connectivity index (χ1v) is 10.5. The van der Waals surface area contributed by atoms with Crippen LogP contribution in [0.4, 0.5) is 0 Å². The number of benzene rings is 1. The van der Waals surface area contributed by atoms with Crippen molar-refractivity contribution in [2.24, 2.45) is 0 Å². The number of nitrogens with one attached hydrogen (secondary N) is 1. The highest BCUT2D eigenvalue weighted by atomic mass is 32.2. The molecule has 126 valence electrons. The highest BCUT2D eigenvalue weighted by Gasteiger charge is 2.20. The molecule has 0 aliphatic rings. The van der Waals surface area contributed by atoms with Gasteiger partial charge in [-0.05, 0) is 29.0 Å². The Kier molecular flexibility index (Phi) is 4.92. The fourth-order valence-corrected chi connectivity index (χ4v) is 5.03. The van der Waals surface area contributed by atoms with E-state index in [2.05, 4.69) is 16.8 Å². The van der Waals surface area contributed by atoms with E-state index in [0.717, 1.165) is 21.4 Å². The summed E-state index contributed by atoms with van der Waals surface area (Å²) >= 11 is 5.06. The summed E-state index contributed by atoms with van der Waals surface area (Å²) in [5, 5.41) is 8.04. The lowest BCUT2D eigenvalue weighted by Gasteiger charge is -2.04. The summed E-state index contributed by atoms with van der Waals surface area (Å²) < 4.78 is 7.11. The molecule has 4 rings (SSSR count).